The number of phenols is 1. The summed E-state index contributed by atoms with van der Waals surface area (Å²) < 4.78 is 0.665. The van der Waals surface area contributed by atoms with E-state index in [0.717, 1.165) is 0 Å². The van der Waals surface area contributed by atoms with E-state index in [9.17, 15) is 15.0 Å². The van der Waals surface area contributed by atoms with Crippen molar-refractivity contribution in [2.75, 3.05) is 5.32 Å². The molecule has 0 aromatic heterocycles. The zero-order chi connectivity index (χ0) is 15.6. The van der Waals surface area contributed by atoms with E-state index in [-0.39, 0.29) is 5.75 Å². The third-order valence-electron chi connectivity index (χ3n) is 3.17. The Bertz CT molecular complexity index is 692. The molecule has 1 unspecified atom stereocenters. The maximum absolute atomic E-state index is 11.7. The normalized spacial score (nSPS) is 13.5. The smallest absolute Gasteiger partial charge is 0.333 e. The minimum Gasteiger partial charge on any atom is -0.508 e. The zero-order valence-corrected chi connectivity index (χ0v) is 13.4. The Morgan fingerprint density at radius 2 is 2.00 bits per heavy atom. The molecule has 2 rings (SSSR count). The highest BCUT2D eigenvalue weighted by molar-refractivity contribution is 9.10. The predicted octanol–water partition coefficient (Wildman–Crippen LogP) is 4.22. The summed E-state index contributed by atoms with van der Waals surface area (Å²) in [7, 11) is 0. The van der Waals surface area contributed by atoms with Crippen LogP contribution in [0.3, 0.4) is 0 Å². The molecule has 2 aromatic carbocycles. The van der Waals surface area contributed by atoms with Gasteiger partial charge in [-0.15, -0.1) is 0 Å². The molecule has 0 aliphatic carbocycles. The highest BCUT2D eigenvalue weighted by atomic mass is 79.9. The van der Waals surface area contributed by atoms with Gasteiger partial charge in [0.1, 0.15) is 5.75 Å². The first-order valence-corrected chi connectivity index (χ1v) is 7.26. The average Bonchev–Trinajstić information content (AvgIpc) is 2.42. The van der Waals surface area contributed by atoms with Gasteiger partial charge in [-0.25, -0.2) is 4.79 Å². The molecule has 1 atom stereocenters. The fraction of sp³-hybridized carbons (Fsp3) is 0.133. The predicted molar refractivity (Wildman–Crippen MR) is 85.9 cm³/mol. The minimum absolute atomic E-state index is 0.0130. The molecular weight excluding hydrogens is 358 g/mol. The van der Waals surface area contributed by atoms with Crippen LogP contribution in [0.2, 0.25) is 5.02 Å². The van der Waals surface area contributed by atoms with Crippen LogP contribution in [0.5, 0.6) is 5.75 Å². The van der Waals surface area contributed by atoms with Crippen molar-refractivity contribution in [2.45, 2.75) is 12.5 Å². The van der Waals surface area contributed by atoms with E-state index in [4.69, 9.17) is 11.6 Å². The quantitative estimate of drug-likeness (QED) is 0.753. The molecule has 0 fully saturated rings. The number of carbonyl (C=O) groups is 1. The fourth-order valence-electron chi connectivity index (χ4n) is 1.93. The first kappa shape index (κ1) is 15.7. The minimum atomic E-state index is -1.38. The highest BCUT2D eigenvalue weighted by Gasteiger charge is 2.35. The maximum Gasteiger partial charge on any atom is 0.333 e. The van der Waals surface area contributed by atoms with Crippen molar-refractivity contribution in [1.82, 2.24) is 0 Å². The van der Waals surface area contributed by atoms with Crippen molar-refractivity contribution >= 4 is 39.2 Å². The summed E-state index contributed by atoms with van der Waals surface area (Å²) in [5.41, 5.74) is -0.341. The van der Waals surface area contributed by atoms with Gasteiger partial charge in [-0.3, -0.25) is 0 Å². The lowest BCUT2D eigenvalue weighted by Gasteiger charge is -2.28. The van der Waals surface area contributed by atoms with Crippen molar-refractivity contribution in [3.05, 3.63) is 57.5 Å². The number of rotatable bonds is 4. The Morgan fingerprint density at radius 1 is 1.29 bits per heavy atom. The Kier molecular flexibility index (Phi) is 4.44. The number of hydrogen-bond acceptors (Lipinski definition) is 3. The van der Waals surface area contributed by atoms with Crippen LogP contribution in [0.15, 0.2) is 46.9 Å². The Balaban J connectivity index is 2.43. The van der Waals surface area contributed by atoms with Gasteiger partial charge in [-0.05, 0) is 58.7 Å². The lowest BCUT2D eigenvalue weighted by Crippen LogP contribution is -2.40. The van der Waals surface area contributed by atoms with Crippen LogP contribution in [0.4, 0.5) is 5.69 Å². The summed E-state index contributed by atoms with van der Waals surface area (Å²) in [6.07, 6.45) is 0. The fourth-order valence-corrected chi connectivity index (χ4v) is 2.42. The van der Waals surface area contributed by atoms with Gasteiger partial charge in [0.15, 0.2) is 5.54 Å². The number of phenolic OH excluding ortho intramolecular Hbond substituents is 1. The van der Waals surface area contributed by atoms with Crippen LogP contribution in [0.25, 0.3) is 0 Å². The Labute approximate surface area is 135 Å². The molecule has 0 radical (unpaired) electrons. The standard InChI is InChI=1S/C15H13BrClNO3/c1-15(14(20)21,9-3-2-4-11(19)7-9)18-10-5-6-13(17)12(16)8-10/h2-8,18-19H,1H3,(H,20,21). The number of carboxylic acid groups (broad SMARTS) is 1. The maximum atomic E-state index is 11.7. The lowest BCUT2D eigenvalue weighted by atomic mass is 9.91. The van der Waals surface area contributed by atoms with Crippen molar-refractivity contribution in [2.24, 2.45) is 0 Å². The van der Waals surface area contributed by atoms with Gasteiger partial charge in [0.25, 0.3) is 0 Å². The number of halogens is 2. The number of anilines is 1. The summed E-state index contributed by atoms with van der Waals surface area (Å²) in [5, 5.41) is 22.6. The molecule has 0 bridgehead atoms. The van der Waals surface area contributed by atoms with Crippen molar-refractivity contribution in [3.8, 4) is 5.75 Å². The lowest BCUT2D eigenvalue weighted by molar-refractivity contribution is -0.142. The first-order chi connectivity index (χ1) is 9.83. The van der Waals surface area contributed by atoms with E-state index in [1.165, 1.54) is 19.1 Å². The molecule has 110 valence electrons. The van der Waals surface area contributed by atoms with Gasteiger partial charge in [0, 0.05) is 10.2 Å². The van der Waals surface area contributed by atoms with E-state index < -0.39 is 11.5 Å². The molecule has 0 aliphatic heterocycles. The monoisotopic (exact) mass is 369 g/mol. The number of aliphatic carboxylic acids is 1. The molecule has 21 heavy (non-hydrogen) atoms. The van der Waals surface area contributed by atoms with E-state index in [1.807, 2.05) is 0 Å². The molecule has 6 heteroatoms. The molecule has 2 aromatic rings. The highest BCUT2D eigenvalue weighted by Crippen LogP contribution is 2.32. The third-order valence-corrected chi connectivity index (χ3v) is 4.38. The second-order valence-electron chi connectivity index (χ2n) is 4.73. The molecule has 4 nitrogen and oxygen atoms in total. The Hall–Kier alpha value is -1.72. The van der Waals surface area contributed by atoms with Crippen molar-refractivity contribution < 1.29 is 15.0 Å². The van der Waals surface area contributed by atoms with Crippen LogP contribution in [0, 0.1) is 0 Å². The van der Waals surface area contributed by atoms with Gasteiger partial charge < -0.3 is 15.5 Å². The van der Waals surface area contributed by atoms with Crippen molar-refractivity contribution in [1.29, 1.82) is 0 Å². The Morgan fingerprint density at radius 3 is 2.57 bits per heavy atom. The molecule has 0 aliphatic rings. The summed E-state index contributed by atoms with van der Waals surface area (Å²) in [5.74, 6) is -1.04. The van der Waals surface area contributed by atoms with Gasteiger partial charge >= 0.3 is 5.97 Å². The molecule has 0 heterocycles. The molecule has 0 spiro atoms. The van der Waals surface area contributed by atoms with E-state index in [2.05, 4.69) is 21.2 Å². The number of aromatic hydroxyl groups is 1. The van der Waals surface area contributed by atoms with Crippen LogP contribution in [-0.2, 0) is 10.3 Å². The number of carboxylic acids is 1. The molecule has 0 saturated carbocycles. The van der Waals surface area contributed by atoms with Gasteiger partial charge in [0.05, 0.1) is 5.02 Å². The van der Waals surface area contributed by atoms with Crippen LogP contribution in [-0.4, -0.2) is 16.2 Å². The summed E-state index contributed by atoms with van der Waals surface area (Å²) in [4.78, 5) is 11.7. The topological polar surface area (TPSA) is 69.6 Å². The third kappa shape index (κ3) is 3.31. The molecule has 3 N–H and O–H groups in total. The van der Waals surface area contributed by atoms with Gasteiger partial charge in [-0.1, -0.05) is 23.7 Å². The summed E-state index contributed by atoms with van der Waals surface area (Å²) >= 11 is 9.23. The SMILES string of the molecule is CC(Nc1ccc(Cl)c(Br)c1)(C(=O)O)c1cccc(O)c1. The number of nitrogens with one attached hydrogen (secondary N) is 1. The van der Waals surface area contributed by atoms with Crippen molar-refractivity contribution in [3.63, 3.8) is 0 Å². The van der Waals surface area contributed by atoms with E-state index in [0.29, 0.717) is 20.7 Å². The second kappa shape index (κ2) is 5.95. The summed E-state index contributed by atoms with van der Waals surface area (Å²) in [6.45, 7) is 1.53. The largest absolute Gasteiger partial charge is 0.508 e. The van der Waals surface area contributed by atoms with E-state index >= 15 is 0 Å². The van der Waals surface area contributed by atoms with Crippen LogP contribution >= 0.6 is 27.5 Å². The number of hydrogen-bond donors (Lipinski definition) is 3. The summed E-state index contributed by atoms with van der Waals surface area (Å²) in [6, 6.07) is 11.2. The number of benzene rings is 2. The van der Waals surface area contributed by atoms with E-state index in [1.54, 1.807) is 30.3 Å². The molecule has 0 saturated heterocycles. The molecule has 0 amide bonds. The second-order valence-corrected chi connectivity index (χ2v) is 6.00. The van der Waals surface area contributed by atoms with Crippen LogP contribution < -0.4 is 5.32 Å². The van der Waals surface area contributed by atoms with Gasteiger partial charge in [-0.2, -0.15) is 0 Å². The zero-order valence-electron chi connectivity index (χ0n) is 11.1. The molecular formula is C15H13BrClNO3. The van der Waals surface area contributed by atoms with Crippen LogP contribution in [0.1, 0.15) is 12.5 Å². The van der Waals surface area contributed by atoms with Gasteiger partial charge in [0.2, 0.25) is 0 Å². The average molecular weight is 371 g/mol. The first-order valence-electron chi connectivity index (χ1n) is 6.09.